The van der Waals surface area contributed by atoms with Crippen LogP contribution in [0.3, 0.4) is 0 Å². The molecule has 1 fully saturated rings. The molecule has 0 spiro atoms. The summed E-state index contributed by atoms with van der Waals surface area (Å²) in [6, 6.07) is 13.9. The molecule has 0 unspecified atom stereocenters. The molecule has 1 saturated heterocycles. The van der Waals surface area contributed by atoms with Crippen LogP contribution in [0, 0.1) is 0 Å². The number of likely N-dealkylation sites (tertiary alicyclic amines) is 1. The average Bonchev–Trinajstić information content (AvgIpc) is 3.24. The second-order valence-electron chi connectivity index (χ2n) is 6.51. The molecular weight excluding hydrogens is 300 g/mol. The monoisotopic (exact) mass is 322 g/mol. The van der Waals surface area contributed by atoms with E-state index in [4.69, 9.17) is 4.98 Å². The third-order valence-corrected chi connectivity index (χ3v) is 5.63. The van der Waals surface area contributed by atoms with Crippen molar-refractivity contribution in [1.82, 2.24) is 9.88 Å². The van der Waals surface area contributed by atoms with E-state index in [1.165, 1.54) is 42.4 Å². The highest BCUT2D eigenvalue weighted by Gasteiger charge is 2.19. The third kappa shape index (κ3) is 3.17. The molecule has 0 bridgehead atoms. The predicted octanol–water partition coefficient (Wildman–Crippen LogP) is 4.99. The van der Waals surface area contributed by atoms with E-state index in [0.717, 1.165) is 23.7 Å². The standard InChI is InChI=1S/C20H22N2S/c1-15-3-2-10-22(15)11-8-16-4-6-19-17(13-16)5-7-20(21-19)18-9-12-23-14-18/h4-7,9,12-15H,2-3,8,10-11H2,1H3/t15-/m1/s1. The van der Waals surface area contributed by atoms with Crippen molar-refractivity contribution in [2.24, 2.45) is 0 Å². The minimum atomic E-state index is 0.755. The van der Waals surface area contributed by atoms with Gasteiger partial charge in [-0.15, -0.1) is 0 Å². The normalized spacial score (nSPS) is 18.7. The van der Waals surface area contributed by atoms with Gasteiger partial charge in [0.1, 0.15) is 0 Å². The number of aromatic nitrogens is 1. The van der Waals surface area contributed by atoms with Gasteiger partial charge in [0.2, 0.25) is 0 Å². The van der Waals surface area contributed by atoms with Crippen LogP contribution < -0.4 is 0 Å². The zero-order valence-corrected chi connectivity index (χ0v) is 14.4. The van der Waals surface area contributed by atoms with Gasteiger partial charge in [-0.2, -0.15) is 11.3 Å². The Balaban J connectivity index is 1.53. The van der Waals surface area contributed by atoms with Gasteiger partial charge in [-0.05, 0) is 67.9 Å². The summed E-state index contributed by atoms with van der Waals surface area (Å²) in [6.07, 6.45) is 3.84. The Bertz CT molecular complexity index is 795. The number of nitrogens with zero attached hydrogens (tertiary/aromatic N) is 2. The molecule has 23 heavy (non-hydrogen) atoms. The van der Waals surface area contributed by atoms with Gasteiger partial charge in [0.25, 0.3) is 0 Å². The fraction of sp³-hybridized carbons (Fsp3) is 0.350. The van der Waals surface area contributed by atoms with Crippen LogP contribution in [-0.4, -0.2) is 29.0 Å². The minimum absolute atomic E-state index is 0.755. The average molecular weight is 322 g/mol. The number of benzene rings is 1. The van der Waals surface area contributed by atoms with Crippen molar-refractivity contribution in [1.29, 1.82) is 0 Å². The van der Waals surface area contributed by atoms with Gasteiger partial charge in [0.15, 0.2) is 0 Å². The van der Waals surface area contributed by atoms with E-state index in [1.54, 1.807) is 11.3 Å². The summed E-state index contributed by atoms with van der Waals surface area (Å²) >= 11 is 1.72. The molecule has 2 nitrogen and oxygen atoms in total. The van der Waals surface area contributed by atoms with Gasteiger partial charge in [-0.1, -0.05) is 12.1 Å². The lowest BCUT2D eigenvalue weighted by Crippen LogP contribution is -2.28. The highest BCUT2D eigenvalue weighted by atomic mass is 32.1. The summed E-state index contributed by atoms with van der Waals surface area (Å²) in [7, 11) is 0. The van der Waals surface area contributed by atoms with E-state index < -0.39 is 0 Å². The smallest absolute Gasteiger partial charge is 0.0718 e. The molecule has 1 atom stereocenters. The van der Waals surface area contributed by atoms with E-state index in [-0.39, 0.29) is 0 Å². The summed E-state index contributed by atoms with van der Waals surface area (Å²) in [5.41, 5.74) is 4.79. The topological polar surface area (TPSA) is 16.1 Å². The molecule has 118 valence electrons. The van der Waals surface area contributed by atoms with Crippen LogP contribution in [0.1, 0.15) is 25.3 Å². The minimum Gasteiger partial charge on any atom is -0.300 e. The summed E-state index contributed by atoms with van der Waals surface area (Å²) in [5.74, 6) is 0. The number of fused-ring (bicyclic) bond motifs is 1. The van der Waals surface area contributed by atoms with Gasteiger partial charge >= 0.3 is 0 Å². The first kappa shape index (κ1) is 14.9. The van der Waals surface area contributed by atoms with E-state index in [1.807, 2.05) is 0 Å². The molecule has 4 rings (SSSR count). The number of hydrogen-bond donors (Lipinski definition) is 0. The van der Waals surface area contributed by atoms with Gasteiger partial charge in [0.05, 0.1) is 11.2 Å². The molecule has 1 aliphatic heterocycles. The van der Waals surface area contributed by atoms with E-state index in [9.17, 15) is 0 Å². The van der Waals surface area contributed by atoms with E-state index in [2.05, 4.69) is 59.0 Å². The molecule has 0 amide bonds. The zero-order chi connectivity index (χ0) is 15.6. The Morgan fingerprint density at radius 2 is 2.17 bits per heavy atom. The number of hydrogen-bond acceptors (Lipinski definition) is 3. The van der Waals surface area contributed by atoms with Gasteiger partial charge in [-0.25, -0.2) is 4.98 Å². The van der Waals surface area contributed by atoms with Crippen LogP contribution in [0.5, 0.6) is 0 Å². The molecule has 0 radical (unpaired) electrons. The zero-order valence-electron chi connectivity index (χ0n) is 13.5. The number of pyridine rings is 1. The first-order valence-electron chi connectivity index (χ1n) is 8.46. The lowest BCUT2D eigenvalue weighted by molar-refractivity contribution is 0.272. The lowest BCUT2D eigenvalue weighted by atomic mass is 10.1. The maximum atomic E-state index is 4.80. The van der Waals surface area contributed by atoms with Crippen LogP contribution in [0.15, 0.2) is 47.2 Å². The summed E-state index contributed by atoms with van der Waals surface area (Å²) in [5, 5.41) is 5.50. The molecule has 1 aromatic carbocycles. The summed E-state index contributed by atoms with van der Waals surface area (Å²) in [4.78, 5) is 7.42. The summed E-state index contributed by atoms with van der Waals surface area (Å²) < 4.78 is 0. The Labute approximate surface area is 141 Å². The van der Waals surface area contributed by atoms with Crippen molar-refractivity contribution in [2.45, 2.75) is 32.2 Å². The molecule has 0 saturated carbocycles. The predicted molar refractivity (Wildman–Crippen MR) is 99.0 cm³/mol. The maximum absolute atomic E-state index is 4.80. The van der Waals surface area contributed by atoms with Crippen molar-refractivity contribution in [2.75, 3.05) is 13.1 Å². The van der Waals surface area contributed by atoms with E-state index in [0.29, 0.717) is 0 Å². The van der Waals surface area contributed by atoms with Gasteiger partial charge < -0.3 is 4.90 Å². The van der Waals surface area contributed by atoms with Crippen molar-refractivity contribution >= 4 is 22.2 Å². The van der Waals surface area contributed by atoms with Crippen molar-refractivity contribution < 1.29 is 0 Å². The molecular formula is C20H22N2S. The lowest BCUT2D eigenvalue weighted by Gasteiger charge is -2.20. The Morgan fingerprint density at radius 1 is 1.22 bits per heavy atom. The Kier molecular flexibility index (Phi) is 4.15. The van der Waals surface area contributed by atoms with Crippen LogP contribution >= 0.6 is 11.3 Å². The molecule has 3 heterocycles. The fourth-order valence-corrected chi connectivity index (χ4v) is 4.15. The third-order valence-electron chi connectivity index (χ3n) is 4.95. The molecule has 0 N–H and O–H groups in total. The van der Waals surface area contributed by atoms with Crippen molar-refractivity contribution in [3.8, 4) is 11.3 Å². The van der Waals surface area contributed by atoms with Gasteiger partial charge in [-0.3, -0.25) is 0 Å². The molecule has 1 aliphatic rings. The largest absolute Gasteiger partial charge is 0.300 e. The molecule has 3 aromatic rings. The second kappa shape index (κ2) is 6.42. The van der Waals surface area contributed by atoms with Gasteiger partial charge in [0, 0.05) is 28.9 Å². The van der Waals surface area contributed by atoms with E-state index >= 15 is 0 Å². The quantitative estimate of drug-likeness (QED) is 0.672. The SMILES string of the molecule is C[C@@H]1CCCN1CCc1ccc2nc(-c3ccsc3)ccc2c1. The molecule has 3 heteroatoms. The first-order chi connectivity index (χ1) is 11.3. The molecule has 2 aromatic heterocycles. The fourth-order valence-electron chi connectivity index (χ4n) is 3.50. The van der Waals surface area contributed by atoms with Crippen LogP contribution in [0.2, 0.25) is 0 Å². The van der Waals surface area contributed by atoms with Crippen molar-refractivity contribution in [3.05, 3.63) is 52.7 Å². The van der Waals surface area contributed by atoms with Crippen LogP contribution in [0.25, 0.3) is 22.2 Å². The highest BCUT2D eigenvalue weighted by molar-refractivity contribution is 7.08. The highest BCUT2D eigenvalue weighted by Crippen LogP contribution is 2.24. The maximum Gasteiger partial charge on any atom is 0.0718 e. The Hall–Kier alpha value is -1.71. The number of thiophene rings is 1. The Morgan fingerprint density at radius 3 is 2.96 bits per heavy atom. The van der Waals surface area contributed by atoms with Crippen molar-refractivity contribution in [3.63, 3.8) is 0 Å². The van der Waals surface area contributed by atoms with Crippen LogP contribution in [-0.2, 0) is 6.42 Å². The second-order valence-corrected chi connectivity index (χ2v) is 7.29. The first-order valence-corrected chi connectivity index (χ1v) is 9.40. The number of rotatable bonds is 4. The molecule has 0 aliphatic carbocycles. The van der Waals surface area contributed by atoms with Crippen LogP contribution in [0.4, 0.5) is 0 Å². The summed E-state index contributed by atoms with van der Waals surface area (Å²) in [6.45, 7) is 4.79.